The van der Waals surface area contributed by atoms with Gasteiger partial charge in [0.05, 0.1) is 5.54 Å². The van der Waals surface area contributed by atoms with E-state index in [9.17, 15) is 4.79 Å². The van der Waals surface area contributed by atoms with Gasteiger partial charge in [0, 0.05) is 6.54 Å². The van der Waals surface area contributed by atoms with Gasteiger partial charge >= 0.3 is 0 Å². The summed E-state index contributed by atoms with van der Waals surface area (Å²) in [6.07, 6.45) is 3.28. The van der Waals surface area contributed by atoms with Crippen LogP contribution in [0.3, 0.4) is 0 Å². The Kier molecular flexibility index (Phi) is 5.87. The van der Waals surface area contributed by atoms with E-state index in [2.05, 4.69) is 10.3 Å². The number of nitrogens with one attached hydrogen (secondary N) is 1. The second kappa shape index (κ2) is 6.37. The zero-order chi connectivity index (χ0) is 11.0. The largest absolute Gasteiger partial charge is 0.370 e. The minimum Gasteiger partial charge on any atom is -0.370 e. The van der Waals surface area contributed by atoms with Crippen molar-refractivity contribution < 1.29 is 4.79 Å². The number of likely N-dealkylation sites (N-methyl/N-ethyl adjacent to an activating group) is 1. The van der Waals surface area contributed by atoms with Crippen LogP contribution in [0.4, 0.5) is 0 Å². The molecule has 0 unspecified atom stereocenters. The molecule has 0 aliphatic heterocycles. The highest BCUT2D eigenvalue weighted by atomic mass is 16.1. The van der Waals surface area contributed by atoms with Gasteiger partial charge in [0.2, 0.25) is 0 Å². The number of nitrogens with two attached hydrogens (primary N) is 2. The predicted molar refractivity (Wildman–Crippen MR) is 58.1 cm³/mol. The monoisotopic (exact) mass is 200 g/mol. The van der Waals surface area contributed by atoms with Crippen LogP contribution < -0.4 is 16.8 Å². The Morgan fingerprint density at radius 3 is 2.57 bits per heavy atom. The van der Waals surface area contributed by atoms with E-state index in [4.69, 9.17) is 11.5 Å². The quantitative estimate of drug-likeness (QED) is 0.226. The molecule has 14 heavy (non-hydrogen) atoms. The van der Waals surface area contributed by atoms with Crippen molar-refractivity contribution in [1.82, 2.24) is 5.32 Å². The van der Waals surface area contributed by atoms with Crippen LogP contribution >= 0.6 is 0 Å². The lowest BCUT2D eigenvalue weighted by Crippen LogP contribution is -2.44. The molecule has 0 fully saturated rings. The first-order chi connectivity index (χ1) is 6.60. The highest BCUT2D eigenvalue weighted by Crippen LogP contribution is 2.13. The topological polar surface area (TPSA) is 93.5 Å². The van der Waals surface area contributed by atoms with Gasteiger partial charge in [0.25, 0.3) is 0 Å². The number of nitrogens with zero attached hydrogens (tertiary/aromatic N) is 1. The molecule has 0 aromatic rings. The van der Waals surface area contributed by atoms with Crippen LogP contribution in [0.5, 0.6) is 0 Å². The number of hydrogen-bond acceptors (Lipinski definition) is 3. The molecule has 0 saturated heterocycles. The second-order valence-corrected chi connectivity index (χ2v) is 3.29. The summed E-state index contributed by atoms with van der Waals surface area (Å²) in [6, 6.07) is 0. The second-order valence-electron chi connectivity index (χ2n) is 3.29. The van der Waals surface area contributed by atoms with E-state index < -0.39 is 5.54 Å². The number of carbonyl (C=O) groups is 1. The van der Waals surface area contributed by atoms with Gasteiger partial charge in [0.15, 0.2) is 5.96 Å². The molecule has 0 aromatic carbocycles. The fourth-order valence-electron chi connectivity index (χ4n) is 1.28. The maximum Gasteiger partial charge on any atom is 0.185 e. The van der Waals surface area contributed by atoms with Crippen LogP contribution in [0.2, 0.25) is 0 Å². The fraction of sp³-hybridized carbons (Fsp3) is 0.778. The number of guanidine groups is 1. The number of carbonyl (C=O) groups excluding carboxylic acids is 1. The predicted octanol–water partition coefficient (Wildman–Crippen LogP) is -0.393. The number of hydrogen-bond donors (Lipinski definition) is 3. The lowest BCUT2D eigenvalue weighted by molar-refractivity contribution is -0.113. The molecule has 82 valence electrons. The molecule has 0 bridgehead atoms. The molecule has 0 saturated carbocycles. The van der Waals surface area contributed by atoms with Crippen LogP contribution in [0.15, 0.2) is 4.99 Å². The maximum atomic E-state index is 10.9. The van der Waals surface area contributed by atoms with Crippen molar-refractivity contribution >= 4 is 12.2 Å². The van der Waals surface area contributed by atoms with Crippen molar-refractivity contribution in [3.8, 4) is 0 Å². The lowest BCUT2D eigenvalue weighted by atomic mass is 9.92. The van der Waals surface area contributed by atoms with Gasteiger partial charge in [-0.05, 0) is 26.3 Å². The Hall–Kier alpha value is -1.10. The number of rotatable bonds is 7. The average molecular weight is 200 g/mol. The Balaban J connectivity index is 3.95. The van der Waals surface area contributed by atoms with Crippen molar-refractivity contribution in [3.63, 3.8) is 0 Å². The molecule has 0 aliphatic rings. The van der Waals surface area contributed by atoms with Crippen LogP contribution in [0.25, 0.3) is 0 Å². The summed E-state index contributed by atoms with van der Waals surface area (Å²) in [7, 11) is 1.79. The normalized spacial score (nSPS) is 14.4. The average Bonchev–Trinajstić information content (AvgIpc) is 2.19. The maximum absolute atomic E-state index is 10.9. The molecule has 0 amide bonds. The first-order valence-electron chi connectivity index (χ1n) is 4.81. The molecular weight excluding hydrogens is 180 g/mol. The lowest BCUT2D eigenvalue weighted by Gasteiger charge is -2.25. The summed E-state index contributed by atoms with van der Waals surface area (Å²) in [5.41, 5.74) is 9.95. The molecule has 0 spiro atoms. The minimum atomic E-state index is -0.418. The smallest absolute Gasteiger partial charge is 0.185 e. The van der Waals surface area contributed by atoms with Crippen molar-refractivity contribution in [2.24, 2.45) is 16.5 Å². The Bertz CT molecular complexity index is 195. The Morgan fingerprint density at radius 1 is 1.57 bits per heavy atom. The first-order valence-corrected chi connectivity index (χ1v) is 4.81. The zero-order valence-electron chi connectivity index (χ0n) is 8.92. The van der Waals surface area contributed by atoms with Crippen LogP contribution in [-0.2, 0) is 4.79 Å². The van der Waals surface area contributed by atoms with Crippen molar-refractivity contribution in [2.45, 2.75) is 31.7 Å². The van der Waals surface area contributed by atoms with Gasteiger partial charge in [0.1, 0.15) is 6.29 Å². The molecular formula is C9H20N4O. The summed E-state index contributed by atoms with van der Waals surface area (Å²) in [6.45, 7) is 2.55. The minimum absolute atomic E-state index is 0.0997. The molecule has 0 heterocycles. The van der Waals surface area contributed by atoms with E-state index in [-0.39, 0.29) is 5.96 Å². The molecule has 1 atom stereocenters. The number of aliphatic imine (C=N–C) groups is 1. The third-order valence-electron chi connectivity index (χ3n) is 2.43. The van der Waals surface area contributed by atoms with Gasteiger partial charge in [-0.25, -0.2) is 0 Å². The van der Waals surface area contributed by atoms with Crippen molar-refractivity contribution in [2.75, 3.05) is 13.6 Å². The van der Waals surface area contributed by atoms with Crippen LogP contribution in [0.1, 0.15) is 26.2 Å². The molecule has 5 nitrogen and oxygen atoms in total. The number of aldehydes is 1. The van der Waals surface area contributed by atoms with Crippen LogP contribution in [0, 0.1) is 0 Å². The molecule has 0 radical (unpaired) electrons. The summed E-state index contributed by atoms with van der Waals surface area (Å²) in [4.78, 5) is 14.7. The summed E-state index contributed by atoms with van der Waals surface area (Å²) >= 11 is 0. The van der Waals surface area contributed by atoms with Gasteiger partial charge in [-0.1, -0.05) is 6.92 Å². The highest BCUT2D eigenvalue weighted by Gasteiger charge is 2.24. The van der Waals surface area contributed by atoms with Gasteiger partial charge in [-0.3, -0.25) is 4.99 Å². The molecule has 5 heteroatoms. The van der Waals surface area contributed by atoms with Crippen molar-refractivity contribution in [1.29, 1.82) is 0 Å². The summed E-state index contributed by atoms with van der Waals surface area (Å²) in [5, 5.41) is 3.02. The highest BCUT2D eigenvalue weighted by molar-refractivity contribution is 5.75. The van der Waals surface area contributed by atoms with Gasteiger partial charge in [-0.2, -0.15) is 0 Å². The fourth-order valence-corrected chi connectivity index (χ4v) is 1.28. The molecule has 0 aromatic heterocycles. The summed E-state index contributed by atoms with van der Waals surface area (Å²) < 4.78 is 0. The van der Waals surface area contributed by atoms with E-state index in [0.29, 0.717) is 6.54 Å². The van der Waals surface area contributed by atoms with E-state index in [1.54, 1.807) is 7.05 Å². The first kappa shape index (κ1) is 12.9. The standard InChI is InChI=1S/C9H20N4O/c1-3-9(7-14,12-2)5-4-6-13-8(10)11/h7,12H,3-6H2,1-2H3,(H4,10,11,13)/t9-/m0/s1. The van der Waals surface area contributed by atoms with E-state index in [1.807, 2.05) is 6.92 Å². The third kappa shape index (κ3) is 4.23. The van der Waals surface area contributed by atoms with Gasteiger partial charge in [-0.15, -0.1) is 0 Å². The molecule has 0 aliphatic carbocycles. The van der Waals surface area contributed by atoms with E-state index in [1.165, 1.54) is 0 Å². The third-order valence-corrected chi connectivity index (χ3v) is 2.43. The van der Waals surface area contributed by atoms with Crippen LogP contribution in [-0.4, -0.2) is 31.4 Å². The Labute approximate surface area is 84.9 Å². The summed E-state index contributed by atoms with van der Waals surface area (Å²) in [5.74, 6) is 0.0997. The van der Waals surface area contributed by atoms with Crippen molar-refractivity contribution in [3.05, 3.63) is 0 Å². The van der Waals surface area contributed by atoms with Gasteiger partial charge < -0.3 is 21.6 Å². The molecule has 5 N–H and O–H groups in total. The molecule has 0 rings (SSSR count). The SMILES string of the molecule is CC[C@@](C=O)(CCCN=C(N)N)NC. The van der Waals surface area contributed by atoms with E-state index >= 15 is 0 Å². The zero-order valence-corrected chi connectivity index (χ0v) is 8.92. The van der Waals surface area contributed by atoms with E-state index in [0.717, 1.165) is 25.5 Å². The Morgan fingerprint density at radius 2 is 2.21 bits per heavy atom.